The summed E-state index contributed by atoms with van der Waals surface area (Å²) in [6, 6.07) is 8.67. The van der Waals surface area contributed by atoms with Gasteiger partial charge in [-0.2, -0.15) is 0 Å². The predicted octanol–water partition coefficient (Wildman–Crippen LogP) is 3.54. The number of benzene rings is 2. The minimum absolute atomic E-state index is 0.0630. The molecular weight excluding hydrogens is 373 g/mol. The summed E-state index contributed by atoms with van der Waals surface area (Å²) >= 11 is 3.00. The lowest BCUT2D eigenvalue weighted by Gasteiger charge is -2.05. The number of nitro benzene ring substituents is 1. The summed E-state index contributed by atoms with van der Waals surface area (Å²) in [6.45, 7) is -0.591. The summed E-state index contributed by atoms with van der Waals surface area (Å²) in [5.41, 5.74) is -0.289. The van der Waals surface area contributed by atoms with E-state index in [2.05, 4.69) is 15.9 Å². The van der Waals surface area contributed by atoms with Crippen LogP contribution in [-0.2, 0) is 4.74 Å². The van der Waals surface area contributed by atoms with Crippen LogP contribution in [-0.4, -0.2) is 23.3 Å². The number of carbonyl (C=O) groups is 2. The zero-order chi connectivity index (χ0) is 17.0. The molecule has 0 radical (unpaired) electrons. The molecule has 0 spiro atoms. The van der Waals surface area contributed by atoms with Gasteiger partial charge >= 0.3 is 5.97 Å². The third-order valence-electron chi connectivity index (χ3n) is 2.86. The van der Waals surface area contributed by atoms with Crippen molar-refractivity contribution in [2.24, 2.45) is 0 Å². The average Bonchev–Trinajstić information content (AvgIpc) is 2.52. The highest BCUT2D eigenvalue weighted by Crippen LogP contribution is 2.25. The Bertz CT molecular complexity index is 793. The van der Waals surface area contributed by atoms with E-state index < -0.39 is 29.1 Å². The lowest BCUT2D eigenvalue weighted by molar-refractivity contribution is -0.385. The first-order chi connectivity index (χ1) is 10.9. The van der Waals surface area contributed by atoms with Gasteiger partial charge in [-0.15, -0.1) is 0 Å². The molecule has 118 valence electrons. The van der Waals surface area contributed by atoms with Gasteiger partial charge in [0.05, 0.1) is 15.0 Å². The number of nitro groups is 1. The Balaban J connectivity index is 2.06. The maximum Gasteiger partial charge on any atom is 0.338 e. The molecule has 2 aromatic carbocycles. The van der Waals surface area contributed by atoms with Crippen LogP contribution >= 0.6 is 15.9 Å². The van der Waals surface area contributed by atoms with Crippen LogP contribution in [0.25, 0.3) is 0 Å². The smallest absolute Gasteiger partial charge is 0.338 e. The van der Waals surface area contributed by atoms with Crippen molar-refractivity contribution in [1.82, 2.24) is 0 Å². The fraction of sp³-hybridized carbons (Fsp3) is 0.0667. The van der Waals surface area contributed by atoms with Gasteiger partial charge in [-0.1, -0.05) is 12.1 Å². The topological polar surface area (TPSA) is 86.5 Å². The Morgan fingerprint density at radius 1 is 1.17 bits per heavy atom. The van der Waals surface area contributed by atoms with E-state index in [0.29, 0.717) is 0 Å². The van der Waals surface area contributed by atoms with Gasteiger partial charge in [0, 0.05) is 11.6 Å². The van der Waals surface area contributed by atoms with E-state index in [1.807, 2.05) is 0 Å². The second-order valence-electron chi connectivity index (χ2n) is 4.43. The molecule has 0 aliphatic heterocycles. The fourth-order valence-corrected chi connectivity index (χ4v) is 2.13. The van der Waals surface area contributed by atoms with Crippen molar-refractivity contribution in [2.45, 2.75) is 0 Å². The minimum atomic E-state index is -0.884. The van der Waals surface area contributed by atoms with Gasteiger partial charge in [-0.05, 0) is 40.2 Å². The van der Waals surface area contributed by atoms with Crippen LogP contribution in [0.5, 0.6) is 0 Å². The molecule has 23 heavy (non-hydrogen) atoms. The second-order valence-corrected chi connectivity index (χ2v) is 5.29. The summed E-state index contributed by atoms with van der Waals surface area (Å²) in [4.78, 5) is 33.8. The standard InChI is InChI=1S/C15H9BrFNO5/c16-12-5-4-10(7-13(12)18(21)22)15(20)23-8-14(19)9-2-1-3-11(17)6-9/h1-7H,8H2. The van der Waals surface area contributed by atoms with Crippen LogP contribution in [0.15, 0.2) is 46.9 Å². The molecule has 0 fully saturated rings. The number of rotatable bonds is 5. The monoisotopic (exact) mass is 381 g/mol. The maximum atomic E-state index is 13.0. The molecule has 8 heteroatoms. The largest absolute Gasteiger partial charge is 0.454 e. The van der Waals surface area contributed by atoms with Crippen LogP contribution in [0.1, 0.15) is 20.7 Å². The number of ketones is 1. The predicted molar refractivity (Wildman–Crippen MR) is 81.8 cm³/mol. The van der Waals surface area contributed by atoms with E-state index in [4.69, 9.17) is 4.74 Å². The molecule has 0 N–H and O–H groups in total. The van der Waals surface area contributed by atoms with E-state index in [9.17, 15) is 24.1 Å². The number of hydrogen-bond acceptors (Lipinski definition) is 5. The van der Waals surface area contributed by atoms with Gasteiger partial charge in [0.25, 0.3) is 5.69 Å². The van der Waals surface area contributed by atoms with E-state index in [1.165, 1.54) is 30.3 Å². The lowest BCUT2D eigenvalue weighted by Crippen LogP contribution is -2.14. The highest BCUT2D eigenvalue weighted by Gasteiger charge is 2.18. The molecule has 0 bridgehead atoms. The molecule has 2 rings (SSSR count). The second kappa shape index (κ2) is 7.10. The molecular formula is C15H9BrFNO5. The summed E-state index contributed by atoms with van der Waals surface area (Å²) in [6.07, 6.45) is 0. The van der Waals surface area contributed by atoms with E-state index in [-0.39, 0.29) is 21.3 Å². The van der Waals surface area contributed by atoms with Crippen molar-refractivity contribution < 1.29 is 23.6 Å². The van der Waals surface area contributed by atoms with Crippen molar-refractivity contribution in [1.29, 1.82) is 0 Å². The highest BCUT2D eigenvalue weighted by atomic mass is 79.9. The zero-order valence-corrected chi connectivity index (χ0v) is 13.1. The van der Waals surface area contributed by atoms with Gasteiger partial charge < -0.3 is 4.74 Å². The molecule has 2 aromatic rings. The van der Waals surface area contributed by atoms with Crippen molar-refractivity contribution in [3.63, 3.8) is 0 Å². The third kappa shape index (κ3) is 4.19. The zero-order valence-electron chi connectivity index (χ0n) is 11.5. The molecule has 0 aliphatic carbocycles. The Morgan fingerprint density at radius 2 is 1.91 bits per heavy atom. The van der Waals surface area contributed by atoms with Gasteiger partial charge in [0.15, 0.2) is 12.4 Å². The molecule has 0 aromatic heterocycles. The summed E-state index contributed by atoms with van der Waals surface area (Å²) in [5, 5.41) is 10.8. The molecule has 0 aliphatic rings. The molecule has 0 heterocycles. The first-order valence-corrected chi connectivity index (χ1v) is 7.07. The van der Waals surface area contributed by atoms with Crippen LogP contribution in [0, 0.1) is 15.9 Å². The lowest BCUT2D eigenvalue weighted by atomic mass is 10.1. The Kier molecular flexibility index (Phi) is 5.17. The van der Waals surface area contributed by atoms with Crippen molar-refractivity contribution in [3.05, 3.63) is 74.0 Å². The number of nitrogens with zero attached hydrogens (tertiary/aromatic N) is 1. The molecule has 0 atom stereocenters. The number of esters is 1. The van der Waals surface area contributed by atoms with E-state index in [1.54, 1.807) is 0 Å². The number of carbonyl (C=O) groups excluding carboxylic acids is 2. The molecule has 6 nitrogen and oxygen atoms in total. The number of ether oxygens (including phenoxy) is 1. The average molecular weight is 382 g/mol. The SMILES string of the molecule is O=C(COC(=O)c1ccc(Br)c([N+](=O)[O-])c1)c1cccc(F)c1. The summed E-state index contributed by atoms with van der Waals surface area (Å²) in [5.74, 6) is -2.04. The van der Waals surface area contributed by atoms with Crippen LogP contribution in [0.4, 0.5) is 10.1 Å². The Morgan fingerprint density at radius 3 is 2.57 bits per heavy atom. The minimum Gasteiger partial charge on any atom is -0.454 e. The first kappa shape index (κ1) is 16.8. The van der Waals surface area contributed by atoms with Crippen LogP contribution < -0.4 is 0 Å². The Hall–Kier alpha value is -2.61. The normalized spacial score (nSPS) is 10.2. The summed E-state index contributed by atoms with van der Waals surface area (Å²) < 4.78 is 18.0. The van der Waals surface area contributed by atoms with E-state index in [0.717, 1.165) is 12.1 Å². The molecule has 0 unspecified atom stereocenters. The Labute approximate surface area is 138 Å². The molecule has 0 amide bonds. The van der Waals surface area contributed by atoms with Crippen LogP contribution in [0.2, 0.25) is 0 Å². The number of hydrogen-bond donors (Lipinski definition) is 0. The van der Waals surface area contributed by atoms with Crippen molar-refractivity contribution in [3.8, 4) is 0 Å². The van der Waals surface area contributed by atoms with Gasteiger partial charge in [-0.3, -0.25) is 14.9 Å². The maximum absolute atomic E-state index is 13.0. The van der Waals surface area contributed by atoms with Gasteiger partial charge in [-0.25, -0.2) is 9.18 Å². The fourth-order valence-electron chi connectivity index (χ4n) is 1.74. The van der Waals surface area contributed by atoms with Gasteiger partial charge in [0.1, 0.15) is 5.82 Å². The van der Waals surface area contributed by atoms with Crippen LogP contribution in [0.3, 0.4) is 0 Å². The third-order valence-corrected chi connectivity index (χ3v) is 3.53. The molecule has 0 saturated carbocycles. The number of Topliss-reactive ketones (excluding diaryl/α,β-unsaturated/α-hetero) is 1. The summed E-state index contributed by atoms with van der Waals surface area (Å²) in [7, 11) is 0. The number of halogens is 2. The first-order valence-electron chi connectivity index (χ1n) is 6.28. The van der Waals surface area contributed by atoms with E-state index >= 15 is 0 Å². The van der Waals surface area contributed by atoms with Crippen molar-refractivity contribution in [2.75, 3.05) is 6.61 Å². The highest BCUT2D eigenvalue weighted by molar-refractivity contribution is 9.10. The quantitative estimate of drug-likeness (QED) is 0.342. The van der Waals surface area contributed by atoms with Gasteiger partial charge in [0.2, 0.25) is 0 Å². The molecule has 0 saturated heterocycles. The van der Waals surface area contributed by atoms with Crippen molar-refractivity contribution >= 4 is 33.4 Å².